The third kappa shape index (κ3) is 4.38. The molecule has 1 aliphatic rings. The van der Waals surface area contributed by atoms with Crippen LogP contribution in [0.2, 0.25) is 0 Å². The number of esters is 1. The number of rotatable bonds is 9. The molecule has 2 aromatic carbocycles. The summed E-state index contributed by atoms with van der Waals surface area (Å²) in [6.07, 6.45) is 0.496. The first kappa shape index (κ1) is 24.0. The predicted octanol–water partition coefficient (Wildman–Crippen LogP) is 3.84. The van der Waals surface area contributed by atoms with E-state index < -0.39 is 29.5 Å². The van der Waals surface area contributed by atoms with Crippen LogP contribution in [0.1, 0.15) is 38.9 Å². The first-order valence-corrected chi connectivity index (χ1v) is 10.9. The molecule has 182 valence electrons. The van der Waals surface area contributed by atoms with Gasteiger partial charge in [0.2, 0.25) is 5.78 Å². The minimum atomic E-state index is -0.881. The Morgan fingerprint density at radius 2 is 1.83 bits per heavy atom. The Labute approximate surface area is 201 Å². The lowest BCUT2D eigenvalue weighted by molar-refractivity contribution is -0.129. The second-order valence-electron chi connectivity index (χ2n) is 7.94. The summed E-state index contributed by atoms with van der Waals surface area (Å²) in [5.41, 5.74) is 1.15. The Morgan fingerprint density at radius 1 is 1.09 bits per heavy atom. The third-order valence-corrected chi connectivity index (χ3v) is 5.89. The van der Waals surface area contributed by atoms with Crippen LogP contribution in [-0.2, 0) is 14.3 Å². The van der Waals surface area contributed by atoms with Crippen LogP contribution in [0.5, 0.6) is 5.75 Å². The molecule has 3 aromatic rings. The molecule has 1 N–H and O–H groups in total. The molecule has 9 heteroatoms. The van der Waals surface area contributed by atoms with Crippen molar-refractivity contribution >= 4 is 28.6 Å². The lowest BCUT2D eigenvalue weighted by atomic mass is 9.94. The summed E-state index contributed by atoms with van der Waals surface area (Å²) < 4.78 is 21.0. The molecule has 1 unspecified atom stereocenters. The van der Waals surface area contributed by atoms with E-state index in [1.165, 1.54) is 19.1 Å². The van der Waals surface area contributed by atoms with Gasteiger partial charge in [0.1, 0.15) is 0 Å². The number of hydrogen-bond donors (Lipinski definition) is 1. The second kappa shape index (κ2) is 10.0. The van der Waals surface area contributed by atoms with Crippen molar-refractivity contribution in [2.45, 2.75) is 12.5 Å². The van der Waals surface area contributed by atoms with Gasteiger partial charge in [-0.3, -0.25) is 9.59 Å². The zero-order chi connectivity index (χ0) is 25.1. The molecule has 0 bridgehead atoms. The Balaban J connectivity index is 1.77. The van der Waals surface area contributed by atoms with Crippen LogP contribution >= 0.6 is 0 Å². The molecule has 0 saturated carbocycles. The average Bonchev–Trinajstić information content (AvgIpc) is 3.43. The number of aliphatic hydroxyl groups is 1. The molecule has 35 heavy (non-hydrogen) atoms. The van der Waals surface area contributed by atoms with Gasteiger partial charge in [-0.15, -0.1) is 0 Å². The number of methoxy groups -OCH3 is 3. The Kier molecular flexibility index (Phi) is 6.88. The summed E-state index contributed by atoms with van der Waals surface area (Å²) in [4.78, 5) is 39.9. The zero-order valence-corrected chi connectivity index (χ0v) is 19.6. The highest BCUT2D eigenvalue weighted by atomic mass is 16.5. The highest BCUT2D eigenvalue weighted by molar-refractivity contribution is 6.16. The van der Waals surface area contributed by atoms with E-state index in [9.17, 15) is 19.5 Å². The van der Waals surface area contributed by atoms with Gasteiger partial charge in [0, 0.05) is 25.6 Å². The van der Waals surface area contributed by atoms with E-state index in [0.29, 0.717) is 40.9 Å². The van der Waals surface area contributed by atoms with Gasteiger partial charge in [-0.2, -0.15) is 0 Å². The lowest BCUT2D eigenvalue weighted by Gasteiger charge is -2.26. The monoisotopic (exact) mass is 479 g/mol. The number of hydrogen-bond acceptors (Lipinski definition) is 8. The van der Waals surface area contributed by atoms with Crippen LogP contribution in [0, 0.1) is 0 Å². The highest BCUT2D eigenvalue weighted by Gasteiger charge is 2.44. The third-order valence-electron chi connectivity index (χ3n) is 5.89. The molecule has 2 heterocycles. The van der Waals surface area contributed by atoms with Crippen molar-refractivity contribution in [1.82, 2.24) is 4.90 Å². The summed E-state index contributed by atoms with van der Waals surface area (Å²) in [5.74, 6) is -2.01. The maximum Gasteiger partial charge on any atom is 0.337 e. The highest BCUT2D eigenvalue weighted by Crippen LogP contribution is 2.40. The standard InChI is InChI=1S/C26H25NO8/c1-32-13-5-12-27-21(15-8-10-16(11-9-15)26(31)34-3)20(23(29)25(27)30)22(28)19-14-17-6-4-7-18(33-2)24(17)35-19/h4,6-11,14,21,29H,5,12-13H2,1-3H3. The van der Waals surface area contributed by atoms with Crippen molar-refractivity contribution in [3.05, 3.63) is 76.8 Å². The van der Waals surface area contributed by atoms with Crippen LogP contribution in [-0.4, -0.2) is 62.1 Å². The molecule has 1 aromatic heterocycles. The molecule has 0 fully saturated rings. The van der Waals surface area contributed by atoms with Crippen LogP contribution in [0.25, 0.3) is 11.0 Å². The lowest BCUT2D eigenvalue weighted by Crippen LogP contribution is -2.32. The first-order chi connectivity index (χ1) is 16.9. The maximum atomic E-state index is 13.6. The number of para-hydroxylation sites is 1. The van der Waals surface area contributed by atoms with Gasteiger partial charge in [-0.25, -0.2) is 4.79 Å². The molecular weight excluding hydrogens is 454 g/mol. The fourth-order valence-electron chi connectivity index (χ4n) is 4.20. The molecule has 1 amide bonds. The topological polar surface area (TPSA) is 116 Å². The quantitative estimate of drug-likeness (QED) is 0.280. The van der Waals surface area contributed by atoms with E-state index in [2.05, 4.69) is 0 Å². The van der Waals surface area contributed by atoms with Crippen LogP contribution in [0.3, 0.4) is 0 Å². The van der Waals surface area contributed by atoms with Crippen molar-refractivity contribution in [3.8, 4) is 5.75 Å². The molecule has 1 atom stereocenters. The van der Waals surface area contributed by atoms with Crippen molar-refractivity contribution in [2.24, 2.45) is 0 Å². The molecular formula is C26H25NO8. The number of ether oxygens (including phenoxy) is 3. The van der Waals surface area contributed by atoms with E-state index in [1.807, 2.05) is 0 Å². The van der Waals surface area contributed by atoms with Gasteiger partial charge in [0.25, 0.3) is 5.91 Å². The first-order valence-electron chi connectivity index (χ1n) is 10.9. The predicted molar refractivity (Wildman–Crippen MR) is 125 cm³/mol. The number of carbonyl (C=O) groups is 3. The van der Waals surface area contributed by atoms with Crippen molar-refractivity contribution in [3.63, 3.8) is 0 Å². The van der Waals surface area contributed by atoms with E-state index in [4.69, 9.17) is 18.6 Å². The van der Waals surface area contributed by atoms with Gasteiger partial charge in [-0.1, -0.05) is 24.3 Å². The number of Topliss-reactive ketones (excluding diaryl/α,β-unsaturated/α-hetero) is 1. The number of amides is 1. The van der Waals surface area contributed by atoms with E-state index in [0.717, 1.165) is 0 Å². The molecule has 0 aliphatic carbocycles. The normalized spacial score (nSPS) is 15.7. The largest absolute Gasteiger partial charge is 0.503 e. The van der Waals surface area contributed by atoms with Crippen molar-refractivity contribution in [1.29, 1.82) is 0 Å². The van der Waals surface area contributed by atoms with Crippen LogP contribution < -0.4 is 4.74 Å². The molecule has 4 rings (SSSR count). The molecule has 0 radical (unpaired) electrons. The number of fused-ring (bicyclic) bond motifs is 1. The minimum Gasteiger partial charge on any atom is -0.503 e. The van der Waals surface area contributed by atoms with Gasteiger partial charge in [-0.05, 0) is 36.2 Å². The van der Waals surface area contributed by atoms with Gasteiger partial charge in [0.05, 0.1) is 31.4 Å². The SMILES string of the molecule is COCCCN1C(=O)C(O)=C(C(=O)c2cc3cccc(OC)c3o2)C1c1ccc(C(=O)OC)cc1. The summed E-state index contributed by atoms with van der Waals surface area (Å²) in [7, 11) is 4.33. The average molecular weight is 479 g/mol. The number of carbonyl (C=O) groups excluding carboxylic acids is 3. The number of aliphatic hydroxyl groups excluding tert-OH is 1. The van der Waals surface area contributed by atoms with E-state index in [-0.39, 0.29) is 17.9 Å². The second-order valence-corrected chi connectivity index (χ2v) is 7.94. The number of benzene rings is 2. The molecule has 0 spiro atoms. The fraction of sp³-hybridized carbons (Fsp3) is 0.269. The van der Waals surface area contributed by atoms with Gasteiger partial charge in [0.15, 0.2) is 22.9 Å². The fourth-order valence-corrected chi connectivity index (χ4v) is 4.20. The van der Waals surface area contributed by atoms with E-state index in [1.54, 1.807) is 55.6 Å². The summed E-state index contributed by atoms with van der Waals surface area (Å²) in [6.45, 7) is 0.635. The van der Waals surface area contributed by atoms with Crippen LogP contribution in [0.4, 0.5) is 0 Å². The van der Waals surface area contributed by atoms with E-state index >= 15 is 0 Å². The number of ketones is 1. The summed E-state index contributed by atoms with van der Waals surface area (Å²) >= 11 is 0. The number of furan rings is 1. The molecule has 9 nitrogen and oxygen atoms in total. The molecule has 1 aliphatic heterocycles. The number of nitrogens with zero attached hydrogens (tertiary/aromatic N) is 1. The smallest absolute Gasteiger partial charge is 0.337 e. The Bertz CT molecular complexity index is 1300. The zero-order valence-electron chi connectivity index (χ0n) is 19.6. The molecule has 0 saturated heterocycles. The summed E-state index contributed by atoms with van der Waals surface area (Å²) in [6, 6.07) is 12.3. The van der Waals surface area contributed by atoms with Gasteiger partial charge < -0.3 is 28.6 Å². The van der Waals surface area contributed by atoms with Gasteiger partial charge >= 0.3 is 5.97 Å². The minimum absolute atomic E-state index is 0.0335. The Morgan fingerprint density at radius 3 is 2.49 bits per heavy atom. The van der Waals surface area contributed by atoms with Crippen molar-refractivity contribution in [2.75, 3.05) is 34.5 Å². The summed E-state index contributed by atoms with van der Waals surface area (Å²) in [5, 5.41) is 11.4. The Hall–Kier alpha value is -4.11. The van der Waals surface area contributed by atoms with Crippen molar-refractivity contribution < 1.29 is 38.1 Å². The maximum absolute atomic E-state index is 13.6. The van der Waals surface area contributed by atoms with Crippen LogP contribution in [0.15, 0.2) is 64.3 Å².